The van der Waals surface area contributed by atoms with Crippen LogP contribution >= 0.6 is 0 Å². The summed E-state index contributed by atoms with van der Waals surface area (Å²) in [5.41, 5.74) is 1.39. The van der Waals surface area contributed by atoms with Crippen LogP contribution in [0.3, 0.4) is 0 Å². The number of hydrogen-bond donors (Lipinski definition) is 1. The molecule has 1 aliphatic heterocycles. The number of rotatable bonds is 6. The minimum absolute atomic E-state index is 0.118. The molecule has 0 spiro atoms. The van der Waals surface area contributed by atoms with Gasteiger partial charge in [-0.25, -0.2) is 0 Å². The summed E-state index contributed by atoms with van der Waals surface area (Å²) in [5.74, 6) is 0.973. The summed E-state index contributed by atoms with van der Waals surface area (Å²) in [6.45, 7) is 1.22. The van der Waals surface area contributed by atoms with E-state index < -0.39 is 6.04 Å². The molecule has 1 aromatic heterocycles. The number of carbonyl (C=O) groups is 1. The topological polar surface area (TPSA) is 73.4 Å². The number of amides is 1. The van der Waals surface area contributed by atoms with E-state index in [1.165, 1.54) is 4.90 Å². The molecule has 0 fully saturated rings. The van der Waals surface area contributed by atoms with Crippen LogP contribution in [0.25, 0.3) is 11.0 Å². The largest absolute Gasteiger partial charge is 0.493 e. The quantitative estimate of drug-likeness (QED) is 0.668. The fourth-order valence-corrected chi connectivity index (χ4v) is 3.91. The van der Waals surface area contributed by atoms with Crippen molar-refractivity contribution in [3.63, 3.8) is 0 Å². The fourth-order valence-electron chi connectivity index (χ4n) is 3.91. The van der Waals surface area contributed by atoms with Crippen molar-refractivity contribution in [2.24, 2.45) is 0 Å². The third-order valence-electron chi connectivity index (χ3n) is 5.45. The van der Waals surface area contributed by atoms with Crippen LogP contribution in [0.15, 0.2) is 51.7 Å². The highest BCUT2D eigenvalue weighted by atomic mass is 16.5. The molecule has 4 rings (SSSR count). The molecule has 1 atom stereocenters. The predicted molar refractivity (Wildman–Crippen MR) is 113 cm³/mol. The third-order valence-corrected chi connectivity index (χ3v) is 5.45. The van der Waals surface area contributed by atoms with Gasteiger partial charge < -0.3 is 23.7 Å². The highest BCUT2D eigenvalue weighted by molar-refractivity contribution is 5.99. The molecule has 156 valence electrons. The summed E-state index contributed by atoms with van der Waals surface area (Å²) >= 11 is 0. The number of nitrogens with one attached hydrogen (secondary N) is 1. The first-order chi connectivity index (χ1) is 14.5. The van der Waals surface area contributed by atoms with Gasteiger partial charge in [0.05, 0.1) is 58.4 Å². The van der Waals surface area contributed by atoms with E-state index in [0.717, 1.165) is 12.1 Å². The van der Waals surface area contributed by atoms with Crippen molar-refractivity contribution in [3.8, 4) is 11.5 Å². The molecule has 30 heavy (non-hydrogen) atoms. The van der Waals surface area contributed by atoms with E-state index in [1.807, 2.05) is 26.2 Å². The van der Waals surface area contributed by atoms with Gasteiger partial charge in [0, 0.05) is 0 Å². The summed E-state index contributed by atoms with van der Waals surface area (Å²) in [7, 11) is 7.18. The first-order valence-corrected chi connectivity index (χ1v) is 9.84. The lowest BCUT2D eigenvalue weighted by atomic mass is 9.98. The van der Waals surface area contributed by atoms with Crippen LogP contribution in [0.5, 0.6) is 11.5 Å². The van der Waals surface area contributed by atoms with Crippen LogP contribution in [0.4, 0.5) is 0 Å². The lowest BCUT2D eigenvalue weighted by Gasteiger charge is -2.26. The Morgan fingerprint density at radius 2 is 1.77 bits per heavy atom. The van der Waals surface area contributed by atoms with Crippen LogP contribution in [0.2, 0.25) is 0 Å². The molecule has 0 unspecified atom stereocenters. The average Bonchev–Trinajstić information content (AvgIpc) is 3.03. The van der Waals surface area contributed by atoms with E-state index in [0.29, 0.717) is 34.6 Å². The smallest absolute Gasteiger partial charge is 0.291 e. The molecule has 1 aliphatic rings. The van der Waals surface area contributed by atoms with Gasteiger partial charge in [-0.15, -0.1) is 0 Å². The van der Waals surface area contributed by atoms with Crippen LogP contribution in [-0.2, 0) is 0 Å². The number of methoxy groups -OCH3 is 2. The Bertz CT molecular complexity index is 1170. The summed E-state index contributed by atoms with van der Waals surface area (Å²) in [4.78, 5) is 29.6. The van der Waals surface area contributed by atoms with E-state index in [1.54, 1.807) is 49.5 Å². The number of carbonyl (C=O) groups excluding carboxylic acids is 1. The maximum Gasteiger partial charge on any atom is 0.291 e. The number of ether oxygens (including phenoxy) is 2. The standard InChI is InChI=1S/C23H24N2O5/c1-24(2)11-12-25-20(14-9-10-17(28-3)18(13-14)29-4)19-21(26)15-7-5-6-8-16(15)30-22(19)23(25)27/h5-10,13,20H,11-12H2,1-4H3/p+1/t20-/m0/s1. The summed E-state index contributed by atoms with van der Waals surface area (Å²) in [5, 5.41) is 0.467. The summed E-state index contributed by atoms with van der Waals surface area (Å²) < 4.78 is 16.7. The van der Waals surface area contributed by atoms with Gasteiger partial charge in [-0.3, -0.25) is 9.59 Å². The number of nitrogens with zero attached hydrogens (tertiary/aromatic N) is 1. The van der Waals surface area contributed by atoms with Crippen molar-refractivity contribution < 1.29 is 23.6 Å². The molecule has 1 amide bonds. The van der Waals surface area contributed by atoms with Crippen molar-refractivity contribution in [1.29, 1.82) is 0 Å². The van der Waals surface area contributed by atoms with Crippen molar-refractivity contribution in [2.45, 2.75) is 6.04 Å². The monoisotopic (exact) mass is 409 g/mol. The maximum absolute atomic E-state index is 13.4. The van der Waals surface area contributed by atoms with E-state index in [-0.39, 0.29) is 17.1 Å². The molecule has 1 N–H and O–H groups in total. The molecule has 0 bridgehead atoms. The zero-order valence-electron chi connectivity index (χ0n) is 17.5. The van der Waals surface area contributed by atoms with E-state index >= 15 is 0 Å². The molecule has 0 radical (unpaired) electrons. The van der Waals surface area contributed by atoms with Gasteiger partial charge in [-0.2, -0.15) is 0 Å². The Kier molecular flexibility index (Phi) is 5.22. The van der Waals surface area contributed by atoms with Crippen molar-refractivity contribution in [1.82, 2.24) is 4.90 Å². The van der Waals surface area contributed by atoms with Gasteiger partial charge in [0.25, 0.3) is 5.91 Å². The number of hydrogen-bond acceptors (Lipinski definition) is 5. The molecular weight excluding hydrogens is 384 g/mol. The van der Waals surface area contributed by atoms with Crippen molar-refractivity contribution in [2.75, 3.05) is 41.4 Å². The van der Waals surface area contributed by atoms with Crippen LogP contribution in [0, 0.1) is 0 Å². The lowest BCUT2D eigenvalue weighted by Crippen LogP contribution is -3.06. The zero-order chi connectivity index (χ0) is 21.4. The Labute approximate surface area is 174 Å². The average molecular weight is 409 g/mol. The molecule has 0 saturated carbocycles. The Hall–Kier alpha value is -3.32. The van der Waals surface area contributed by atoms with Crippen molar-refractivity contribution >= 4 is 16.9 Å². The van der Waals surface area contributed by atoms with Crippen LogP contribution in [0.1, 0.15) is 27.7 Å². The number of quaternary nitrogens is 1. The lowest BCUT2D eigenvalue weighted by molar-refractivity contribution is -0.857. The summed E-state index contributed by atoms with van der Waals surface area (Å²) in [6, 6.07) is 11.9. The highest BCUT2D eigenvalue weighted by Gasteiger charge is 2.43. The first kappa shape index (κ1) is 20.0. The molecule has 7 nitrogen and oxygen atoms in total. The molecule has 0 aliphatic carbocycles. The molecule has 0 saturated heterocycles. The number of benzene rings is 2. The maximum atomic E-state index is 13.4. The first-order valence-electron chi connectivity index (χ1n) is 9.84. The fraction of sp³-hybridized carbons (Fsp3) is 0.304. The van der Waals surface area contributed by atoms with E-state index in [4.69, 9.17) is 13.9 Å². The highest BCUT2D eigenvalue weighted by Crippen LogP contribution is 2.40. The zero-order valence-corrected chi connectivity index (χ0v) is 17.5. The minimum Gasteiger partial charge on any atom is -0.493 e. The molecule has 2 aromatic carbocycles. The molecule has 3 aromatic rings. The predicted octanol–water partition coefficient (Wildman–Crippen LogP) is 1.50. The minimum atomic E-state index is -0.549. The molecular formula is C23H25N2O5+. The van der Waals surface area contributed by atoms with E-state index in [9.17, 15) is 9.59 Å². The van der Waals surface area contributed by atoms with Gasteiger partial charge in [-0.1, -0.05) is 18.2 Å². The second kappa shape index (κ2) is 7.84. The second-order valence-electron chi connectivity index (χ2n) is 7.64. The SMILES string of the molecule is COc1ccc([C@H]2c3c(oc4ccccc4c3=O)C(=O)N2CC[NH+](C)C)cc1OC. The summed E-state index contributed by atoms with van der Waals surface area (Å²) in [6.07, 6.45) is 0. The van der Waals surface area contributed by atoms with Crippen LogP contribution in [-0.4, -0.2) is 52.2 Å². The number of likely N-dealkylation sites (N-methyl/N-ethyl adjacent to an activating group) is 1. The number of fused-ring (bicyclic) bond motifs is 2. The van der Waals surface area contributed by atoms with Crippen LogP contribution < -0.4 is 19.8 Å². The second-order valence-corrected chi connectivity index (χ2v) is 7.64. The number of para-hydroxylation sites is 1. The van der Waals surface area contributed by atoms with Gasteiger partial charge >= 0.3 is 0 Å². The van der Waals surface area contributed by atoms with Gasteiger partial charge in [0.15, 0.2) is 16.9 Å². The molecule has 7 heteroatoms. The van der Waals surface area contributed by atoms with E-state index in [2.05, 4.69) is 0 Å². The Morgan fingerprint density at radius 3 is 2.47 bits per heavy atom. The Balaban J connectivity index is 1.93. The van der Waals surface area contributed by atoms with Gasteiger partial charge in [0.2, 0.25) is 5.76 Å². The van der Waals surface area contributed by atoms with Gasteiger partial charge in [-0.05, 0) is 29.8 Å². The normalized spacial score (nSPS) is 15.7. The Morgan fingerprint density at radius 1 is 1.03 bits per heavy atom. The van der Waals surface area contributed by atoms with Crippen molar-refractivity contribution in [3.05, 3.63) is 69.6 Å². The third kappa shape index (κ3) is 3.21. The molecule has 2 heterocycles. The van der Waals surface area contributed by atoms with Gasteiger partial charge in [0.1, 0.15) is 5.58 Å².